The van der Waals surface area contributed by atoms with E-state index in [4.69, 9.17) is 11.6 Å². The molecule has 1 aliphatic rings. The van der Waals surface area contributed by atoms with Crippen LogP contribution in [0.25, 0.3) is 11.8 Å². The van der Waals surface area contributed by atoms with E-state index in [0.717, 1.165) is 11.4 Å². The van der Waals surface area contributed by atoms with Crippen LogP contribution < -0.4 is 5.32 Å². The summed E-state index contributed by atoms with van der Waals surface area (Å²) in [5.41, 5.74) is 1.69. The molecule has 1 aromatic heterocycles. The van der Waals surface area contributed by atoms with E-state index >= 15 is 0 Å². The molecular weight excluding hydrogens is 282 g/mol. The molecule has 1 aromatic carbocycles. The van der Waals surface area contributed by atoms with E-state index in [1.165, 1.54) is 11.8 Å². The number of hydrogen-bond donors (Lipinski definition) is 1. The van der Waals surface area contributed by atoms with Crippen molar-refractivity contribution in [3.05, 3.63) is 52.2 Å². The van der Waals surface area contributed by atoms with Crippen LogP contribution in [0, 0.1) is 0 Å². The van der Waals surface area contributed by atoms with Gasteiger partial charge in [0.2, 0.25) is 0 Å². The van der Waals surface area contributed by atoms with Crippen LogP contribution in [0.15, 0.2) is 41.4 Å². The quantitative estimate of drug-likeness (QED) is 0.866. The Hall–Kier alpha value is -1.72. The van der Waals surface area contributed by atoms with Gasteiger partial charge in [0.25, 0.3) is 5.91 Å². The molecule has 19 heavy (non-hydrogen) atoms. The predicted molar refractivity (Wildman–Crippen MR) is 77.2 cm³/mol. The summed E-state index contributed by atoms with van der Waals surface area (Å²) in [6, 6.07) is 9.29. The highest BCUT2D eigenvalue weighted by Gasteiger charge is 2.17. The van der Waals surface area contributed by atoms with E-state index in [1.807, 2.05) is 36.5 Å². The molecule has 1 fully saturated rings. The third-order valence-electron chi connectivity index (χ3n) is 2.66. The summed E-state index contributed by atoms with van der Waals surface area (Å²) < 4.78 is 1.75. The molecule has 0 bridgehead atoms. The fraction of sp³-hybridized carbons (Fsp3) is 0.0769. The second-order valence-electron chi connectivity index (χ2n) is 3.96. The van der Waals surface area contributed by atoms with Crippen molar-refractivity contribution in [2.24, 2.45) is 0 Å². The molecular formula is C13H10ClN3OS. The minimum Gasteiger partial charge on any atom is -0.342 e. The van der Waals surface area contributed by atoms with Gasteiger partial charge >= 0.3 is 0 Å². The van der Waals surface area contributed by atoms with E-state index in [2.05, 4.69) is 10.4 Å². The Morgan fingerprint density at radius 2 is 2.11 bits per heavy atom. The van der Waals surface area contributed by atoms with Crippen molar-refractivity contribution in [3.63, 3.8) is 0 Å². The number of benzene rings is 1. The third-order valence-corrected chi connectivity index (χ3v) is 3.82. The molecule has 0 saturated carbocycles. The molecule has 3 rings (SSSR count). The normalized spacial score (nSPS) is 16.9. The first kappa shape index (κ1) is 12.3. The van der Waals surface area contributed by atoms with Gasteiger partial charge in [-0.15, -0.1) is 0 Å². The van der Waals surface area contributed by atoms with Crippen molar-refractivity contribution in [1.82, 2.24) is 15.1 Å². The zero-order chi connectivity index (χ0) is 13.2. The topological polar surface area (TPSA) is 46.9 Å². The van der Waals surface area contributed by atoms with Gasteiger partial charge in [-0.25, -0.2) is 4.68 Å². The minimum atomic E-state index is -0.0361. The second-order valence-corrected chi connectivity index (χ2v) is 5.42. The average Bonchev–Trinajstić information content (AvgIpc) is 3.01. The van der Waals surface area contributed by atoms with Gasteiger partial charge in [-0.2, -0.15) is 5.10 Å². The number of aromatic nitrogens is 2. The minimum absolute atomic E-state index is 0.0361. The van der Waals surface area contributed by atoms with Gasteiger partial charge in [0.15, 0.2) is 0 Å². The molecule has 6 heteroatoms. The lowest BCUT2D eigenvalue weighted by atomic mass is 10.3. The molecule has 0 aliphatic carbocycles. The van der Waals surface area contributed by atoms with Crippen LogP contribution in [0.2, 0.25) is 5.02 Å². The summed E-state index contributed by atoms with van der Waals surface area (Å²) >= 11 is 7.33. The Kier molecular flexibility index (Phi) is 3.31. The average molecular weight is 292 g/mol. The monoisotopic (exact) mass is 291 g/mol. The molecule has 1 saturated heterocycles. The first-order valence-electron chi connectivity index (χ1n) is 5.67. The lowest BCUT2D eigenvalue weighted by Crippen LogP contribution is -2.13. The molecule has 0 radical (unpaired) electrons. The fourth-order valence-electron chi connectivity index (χ4n) is 1.73. The Morgan fingerprint density at radius 1 is 1.32 bits per heavy atom. The number of carbonyl (C=O) groups is 1. The van der Waals surface area contributed by atoms with Gasteiger partial charge in [0.1, 0.15) is 0 Å². The maximum absolute atomic E-state index is 11.4. The predicted octanol–water partition coefficient (Wildman–Crippen LogP) is 2.69. The SMILES string of the molecule is O=C1NCS/C1=C\c1ccn(-c2ccc(Cl)cc2)n1. The lowest BCUT2D eigenvalue weighted by Gasteiger charge is -2.00. The van der Waals surface area contributed by atoms with Gasteiger partial charge in [-0.3, -0.25) is 4.79 Å². The van der Waals surface area contributed by atoms with Crippen molar-refractivity contribution in [2.75, 3.05) is 5.88 Å². The summed E-state index contributed by atoms with van der Waals surface area (Å²) in [6.07, 6.45) is 3.65. The standard InChI is InChI=1S/C13H10ClN3OS/c14-9-1-3-11(4-2-9)17-6-5-10(16-17)7-12-13(18)15-8-19-12/h1-7H,8H2,(H,15,18)/b12-7-. The van der Waals surface area contributed by atoms with Crippen molar-refractivity contribution in [2.45, 2.75) is 0 Å². The molecule has 1 N–H and O–H groups in total. The van der Waals surface area contributed by atoms with Crippen LogP contribution in [0.5, 0.6) is 0 Å². The molecule has 2 aromatic rings. The lowest BCUT2D eigenvalue weighted by molar-refractivity contribution is -0.116. The number of nitrogens with one attached hydrogen (secondary N) is 1. The summed E-state index contributed by atoms with van der Waals surface area (Å²) in [5.74, 6) is 0.591. The van der Waals surface area contributed by atoms with E-state index < -0.39 is 0 Å². The van der Waals surface area contributed by atoms with Crippen LogP contribution in [0.1, 0.15) is 5.69 Å². The van der Waals surface area contributed by atoms with Crippen LogP contribution in [-0.4, -0.2) is 21.6 Å². The third kappa shape index (κ3) is 2.67. The Labute approximate surface area is 119 Å². The number of rotatable bonds is 2. The molecule has 0 unspecified atom stereocenters. The number of thioether (sulfide) groups is 1. The van der Waals surface area contributed by atoms with Crippen molar-refractivity contribution >= 4 is 35.3 Å². The molecule has 96 valence electrons. The van der Waals surface area contributed by atoms with E-state index in [-0.39, 0.29) is 5.91 Å². The highest BCUT2D eigenvalue weighted by atomic mass is 35.5. The fourth-order valence-corrected chi connectivity index (χ4v) is 2.62. The second kappa shape index (κ2) is 5.11. The number of halogens is 1. The number of hydrogen-bond acceptors (Lipinski definition) is 3. The summed E-state index contributed by atoms with van der Waals surface area (Å²) in [6.45, 7) is 0. The molecule has 1 aliphatic heterocycles. The van der Waals surface area contributed by atoms with Gasteiger partial charge in [0, 0.05) is 11.2 Å². The summed E-state index contributed by atoms with van der Waals surface area (Å²) in [7, 11) is 0. The first-order valence-corrected chi connectivity index (χ1v) is 7.03. The Bertz CT molecular complexity index is 648. The number of nitrogens with zero attached hydrogens (tertiary/aromatic N) is 2. The maximum Gasteiger partial charge on any atom is 0.258 e. The van der Waals surface area contributed by atoms with Gasteiger partial charge in [-0.05, 0) is 36.4 Å². The molecule has 0 atom stereocenters. The van der Waals surface area contributed by atoms with Gasteiger partial charge in [0.05, 0.1) is 22.2 Å². The Balaban J connectivity index is 1.87. The summed E-state index contributed by atoms with van der Waals surface area (Å²) in [5, 5.41) is 7.84. The Morgan fingerprint density at radius 3 is 2.79 bits per heavy atom. The molecule has 1 amide bonds. The van der Waals surface area contributed by atoms with Crippen LogP contribution in [0.3, 0.4) is 0 Å². The number of carbonyl (C=O) groups excluding carboxylic acids is 1. The molecule has 4 nitrogen and oxygen atoms in total. The van der Waals surface area contributed by atoms with Crippen LogP contribution in [0.4, 0.5) is 0 Å². The van der Waals surface area contributed by atoms with Gasteiger partial charge < -0.3 is 5.32 Å². The van der Waals surface area contributed by atoms with E-state index in [9.17, 15) is 4.79 Å². The van der Waals surface area contributed by atoms with Crippen molar-refractivity contribution in [3.8, 4) is 5.69 Å². The smallest absolute Gasteiger partial charge is 0.258 e. The zero-order valence-corrected chi connectivity index (χ0v) is 11.4. The van der Waals surface area contributed by atoms with Crippen LogP contribution in [-0.2, 0) is 4.79 Å². The van der Waals surface area contributed by atoms with Crippen molar-refractivity contribution < 1.29 is 4.79 Å². The zero-order valence-electron chi connectivity index (χ0n) is 9.84. The maximum atomic E-state index is 11.4. The van der Waals surface area contributed by atoms with Crippen molar-refractivity contribution in [1.29, 1.82) is 0 Å². The highest BCUT2D eigenvalue weighted by Crippen LogP contribution is 2.23. The summed E-state index contributed by atoms with van der Waals surface area (Å²) in [4.78, 5) is 12.1. The van der Waals surface area contributed by atoms with Gasteiger partial charge in [-0.1, -0.05) is 23.4 Å². The highest BCUT2D eigenvalue weighted by molar-refractivity contribution is 8.04. The molecule has 0 spiro atoms. The van der Waals surface area contributed by atoms with Crippen LogP contribution >= 0.6 is 23.4 Å². The number of amides is 1. The van der Waals surface area contributed by atoms with E-state index in [0.29, 0.717) is 15.8 Å². The largest absolute Gasteiger partial charge is 0.342 e. The first-order chi connectivity index (χ1) is 9.22. The molecule has 2 heterocycles. The van der Waals surface area contributed by atoms with E-state index in [1.54, 1.807) is 10.8 Å².